The minimum atomic E-state index is -2.46. The van der Waals surface area contributed by atoms with E-state index in [2.05, 4.69) is 22.5 Å². The van der Waals surface area contributed by atoms with Gasteiger partial charge in [0.05, 0.1) is 0 Å². The number of anilines is 1. The van der Waals surface area contributed by atoms with Crippen LogP contribution in [0.15, 0.2) is 29.2 Å². The molecule has 22 heavy (non-hydrogen) atoms. The molecule has 1 saturated heterocycles. The lowest BCUT2D eigenvalue weighted by Crippen LogP contribution is -2.45. The van der Waals surface area contributed by atoms with E-state index in [9.17, 15) is 13.6 Å². The van der Waals surface area contributed by atoms with Crippen LogP contribution in [0, 0.1) is 0 Å². The van der Waals surface area contributed by atoms with Gasteiger partial charge >= 0.3 is 6.03 Å². The fourth-order valence-electron chi connectivity index (χ4n) is 2.50. The van der Waals surface area contributed by atoms with Crippen molar-refractivity contribution in [2.24, 2.45) is 0 Å². The number of thioether (sulfide) groups is 1. The van der Waals surface area contributed by atoms with Gasteiger partial charge in [0.1, 0.15) is 0 Å². The molecule has 2 rings (SSSR count). The van der Waals surface area contributed by atoms with Crippen LogP contribution >= 0.6 is 11.8 Å². The summed E-state index contributed by atoms with van der Waals surface area (Å²) in [6.07, 6.45) is 1.87. The van der Waals surface area contributed by atoms with Crippen molar-refractivity contribution < 1.29 is 13.6 Å². The molecule has 4 nitrogen and oxygen atoms in total. The lowest BCUT2D eigenvalue weighted by molar-refractivity contribution is 0.203. The summed E-state index contributed by atoms with van der Waals surface area (Å²) in [5.41, 5.74) is 0.522. The molecule has 0 saturated carbocycles. The molecule has 1 heterocycles. The van der Waals surface area contributed by atoms with Crippen molar-refractivity contribution in [2.45, 2.75) is 36.5 Å². The summed E-state index contributed by atoms with van der Waals surface area (Å²) in [6.45, 7) is 5.14. The maximum absolute atomic E-state index is 12.3. The fraction of sp³-hybridized carbons (Fsp3) is 0.533. The van der Waals surface area contributed by atoms with E-state index in [1.807, 2.05) is 0 Å². The molecule has 1 aromatic rings. The van der Waals surface area contributed by atoms with Gasteiger partial charge in [0.15, 0.2) is 0 Å². The number of carbonyl (C=O) groups excluding carboxylic acids is 1. The lowest BCUT2D eigenvalue weighted by Gasteiger charge is -2.31. The SMILES string of the molecule is CCN1CCC(NC(=O)Nc2cccc(SC(F)F)c2)CC1. The largest absolute Gasteiger partial charge is 0.335 e. The van der Waals surface area contributed by atoms with Crippen LogP contribution in [0.2, 0.25) is 0 Å². The average molecular weight is 329 g/mol. The number of carbonyl (C=O) groups is 1. The Kier molecular flexibility index (Phi) is 6.45. The highest BCUT2D eigenvalue weighted by Gasteiger charge is 2.19. The van der Waals surface area contributed by atoms with E-state index in [0.29, 0.717) is 22.3 Å². The van der Waals surface area contributed by atoms with Gasteiger partial charge in [-0.1, -0.05) is 24.8 Å². The van der Waals surface area contributed by atoms with Crippen LogP contribution in [0.1, 0.15) is 19.8 Å². The predicted octanol–water partition coefficient (Wildman–Crippen LogP) is 3.61. The Labute approximate surface area is 133 Å². The van der Waals surface area contributed by atoms with E-state index >= 15 is 0 Å². The Balaban J connectivity index is 1.82. The van der Waals surface area contributed by atoms with Crippen molar-refractivity contribution in [1.82, 2.24) is 10.2 Å². The number of amides is 2. The number of hydrogen-bond acceptors (Lipinski definition) is 3. The van der Waals surface area contributed by atoms with Crippen LogP contribution in [0.5, 0.6) is 0 Å². The van der Waals surface area contributed by atoms with Gasteiger partial charge in [0.25, 0.3) is 5.76 Å². The van der Waals surface area contributed by atoms with Gasteiger partial charge in [-0.3, -0.25) is 0 Å². The zero-order valence-electron chi connectivity index (χ0n) is 12.5. The standard InChI is InChI=1S/C15H21F2N3OS/c1-2-20-8-6-11(7-9-20)18-15(21)19-12-4-3-5-13(10-12)22-14(16)17/h3-5,10-11,14H,2,6-9H2,1H3,(H2,18,19,21). The Hall–Kier alpha value is -1.34. The first-order valence-electron chi connectivity index (χ1n) is 7.41. The molecule has 2 N–H and O–H groups in total. The summed E-state index contributed by atoms with van der Waals surface area (Å²) in [4.78, 5) is 14.8. The van der Waals surface area contributed by atoms with E-state index in [0.717, 1.165) is 32.5 Å². The molecular weight excluding hydrogens is 308 g/mol. The molecule has 1 aromatic carbocycles. The number of nitrogens with zero attached hydrogens (tertiary/aromatic N) is 1. The van der Waals surface area contributed by atoms with Gasteiger partial charge < -0.3 is 15.5 Å². The van der Waals surface area contributed by atoms with E-state index in [-0.39, 0.29) is 12.1 Å². The van der Waals surface area contributed by atoms with Crippen LogP contribution in [0.4, 0.5) is 19.3 Å². The second-order valence-electron chi connectivity index (χ2n) is 5.21. The van der Waals surface area contributed by atoms with Crippen molar-refractivity contribution in [3.63, 3.8) is 0 Å². The van der Waals surface area contributed by atoms with Gasteiger partial charge in [-0.2, -0.15) is 8.78 Å². The van der Waals surface area contributed by atoms with Crippen molar-refractivity contribution in [1.29, 1.82) is 0 Å². The summed E-state index contributed by atoms with van der Waals surface area (Å²) in [5.74, 6) is -2.46. The maximum atomic E-state index is 12.3. The smallest absolute Gasteiger partial charge is 0.319 e. The average Bonchev–Trinajstić information content (AvgIpc) is 2.47. The van der Waals surface area contributed by atoms with Crippen molar-refractivity contribution in [3.05, 3.63) is 24.3 Å². The summed E-state index contributed by atoms with van der Waals surface area (Å²) in [7, 11) is 0. The zero-order valence-corrected chi connectivity index (χ0v) is 13.3. The summed E-state index contributed by atoms with van der Waals surface area (Å²) in [5, 5.41) is 5.65. The Bertz CT molecular complexity index is 493. The molecule has 0 unspecified atom stereocenters. The zero-order chi connectivity index (χ0) is 15.9. The molecule has 122 valence electrons. The highest BCUT2D eigenvalue weighted by molar-refractivity contribution is 7.99. The van der Waals surface area contributed by atoms with Gasteiger partial charge in [-0.15, -0.1) is 0 Å². The van der Waals surface area contributed by atoms with Crippen LogP contribution in [0.3, 0.4) is 0 Å². The first-order chi connectivity index (χ1) is 10.6. The molecule has 7 heteroatoms. The molecule has 0 aliphatic carbocycles. The quantitative estimate of drug-likeness (QED) is 0.811. The third-order valence-electron chi connectivity index (χ3n) is 3.69. The van der Waals surface area contributed by atoms with Gasteiger partial charge in [0.2, 0.25) is 0 Å². The first-order valence-corrected chi connectivity index (χ1v) is 8.29. The second kappa shape index (κ2) is 8.33. The van der Waals surface area contributed by atoms with Gasteiger partial charge in [-0.25, -0.2) is 4.79 Å². The third kappa shape index (κ3) is 5.46. The van der Waals surface area contributed by atoms with Crippen molar-refractivity contribution >= 4 is 23.5 Å². The predicted molar refractivity (Wildman–Crippen MR) is 85.6 cm³/mol. The highest BCUT2D eigenvalue weighted by Crippen LogP contribution is 2.27. The van der Waals surface area contributed by atoms with Gasteiger partial charge in [-0.05, 0) is 37.6 Å². The van der Waals surface area contributed by atoms with E-state index in [4.69, 9.17) is 0 Å². The normalized spacial score (nSPS) is 16.7. The Morgan fingerprint density at radius 3 is 2.77 bits per heavy atom. The van der Waals surface area contributed by atoms with E-state index < -0.39 is 5.76 Å². The lowest BCUT2D eigenvalue weighted by atomic mass is 10.1. The summed E-state index contributed by atoms with van der Waals surface area (Å²) >= 11 is 0.468. The Morgan fingerprint density at radius 1 is 1.41 bits per heavy atom. The summed E-state index contributed by atoms with van der Waals surface area (Å²) < 4.78 is 24.7. The minimum Gasteiger partial charge on any atom is -0.335 e. The van der Waals surface area contributed by atoms with Crippen LogP contribution in [-0.4, -0.2) is 42.4 Å². The number of likely N-dealkylation sites (tertiary alicyclic amines) is 1. The molecule has 1 aliphatic rings. The van der Waals surface area contributed by atoms with Crippen LogP contribution < -0.4 is 10.6 Å². The fourth-order valence-corrected chi connectivity index (χ4v) is 3.05. The maximum Gasteiger partial charge on any atom is 0.319 e. The molecule has 0 radical (unpaired) electrons. The number of alkyl halides is 2. The molecule has 0 aromatic heterocycles. The monoisotopic (exact) mass is 329 g/mol. The number of nitrogens with one attached hydrogen (secondary N) is 2. The first kappa shape index (κ1) is 17.0. The third-order valence-corrected chi connectivity index (χ3v) is 4.39. The molecule has 2 amide bonds. The molecular formula is C15H21F2N3OS. The molecule has 0 bridgehead atoms. The number of rotatable bonds is 5. The number of halogens is 2. The minimum absolute atomic E-state index is 0.168. The van der Waals surface area contributed by atoms with E-state index in [1.54, 1.807) is 24.3 Å². The number of hydrogen-bond donors (Lipinski definition) is 2. The van der Waals surface area contributed by atoms with Gasteiger partial charge in [0, 0.05) is 29.7 Å². The second-order valence-corrected chi connectivity index (χ2v) is 6.28. The van der Waals surface area contributed by atoms with Crippen LogP contribution in [0.25, 0.3) is 0 Å². The molecule has 1 aliphatic heterocycles. The van der Waals surface area contributed by atoms with Crippen LogP contribution in [-0.2, 0) is 0 Å². The molecule has 0 spiro atoms. The topological polar surface area (TPSA) is 44.4 Å². The number of piperidine rings is 1. The number of urea groups is 1. The molecule has 1 fully saturated rings. The number of benzene rings is 1. The Morgan fingerprint density at radius 2 is 2.14 bits per heavy atom. The van der Waals surface area contributed by atoms with E-state index in [1.165, 1.54) is 0 Å². The summed E-state index contributed by atoms with van der Waals surface area (Å²) in [6, 6.07) is 6.38. The van der Waals surface area contributed by atoms with Crippen molar-refractivity contribution in [2.75, 3.05) is 25.0 Å². The van der Waals surface area contributed by atoms with Crippen molar-refractivity contribution in [3.8, 4) is 0 Å². The molecule has 0 atom stereocenters. The highest BCUT2D eigenvalue weighted by atomic mass is 32.2.